The number of hydrogen-bond donors (Lipinski definition) is 4. The van der Waals surface area contributed by atoms with Gasteiger partial charge in [0.1, 0.15) is 11.8 Å². The van der Waals surface area contributed by atoms with Crippen molar-refractivity contribution in [3.05, 3.63) is 29.8 Å². The van der Waals surface area contributed by atoms with E-state index in [0.29, 0.717) is 0 Å². The second-order valence-electron chi connectivity index (χ2n) is 3.12. The van der Waals surface area contributed by atoms with Crippen molar-refractivity contribution >= 4 is 5.97 Å². The molecule has 5 heteroatoms. The Morgan fingerprint density at radius 1 is 1.33 bits per heavy atom. The fraction of sp³-hybridized carbons (Fsp3) is 0.300. The number of benzene rings is 1. The molecule has 0 saturated heterocycles. The standard InChI is InChI=1S/C10H13NO4/c12-6-11-9(10(14)15)5-7-1-3-8(13)4-2-7/h1-4,9,11-13H,5-6H2,(H,14,15)/t9-/m0/s1. The molecule has 0 aliphatic rings. The molecule has 0 aliphatic carbocycles. The molecule has 5 nitrogen and oxygen atoms in total. The van der Waals surface area contributed by atoms with E-state index >= 15 is 0 Å². The Balaban J connectivity index is 2.65. The third kappa shape index (κ3) is 3.57. The number of phenolic OH excluding ortho intramolecular Hbond substituents is 1. The lowest BCUT2D eigenvalue weighted by Crippen LogP contribution is -2.38. The van der Waals surface area contributed by atoms with Gasteiger partial charge in [-0.1, -0.05) is 12.1 Å². The summed E-state index contributed by atoms with van der Waals surface area (Å²) in [5, 5.41) is 28.9. The van der Waals surface area contributed by atoms with Gasteiger partial charge in [0, 0.05) is 0 Å². The first-order chi connectivity index (χ1) is 7.13. The molecule has 1 rings (SSSR count). The molecule has 4 N–H and O–H groups in total. The van der Waals surface area contributed by atoms with E-state index in [1.165, 1.54) is 12.1 Å². The zero-order chi connectivity index (χ0) is 11.3. The highest BCUT2D eigenvalue weighted by atomic mass is 16.4. The number of carbonyl (C=O) groups is 1. The Bertz CT molecular complexity index is 323. The summed E-state index contributed by atoms with van der Waals surface area (Å²) in [6.07, 6.45) is 0.260. The van der Waals surface area contributed by atoms with Gasteiger partial charge in [0.15, 0.2) is 0 Å². The lowest BCUT2D eigenvalue weighted by atomic mass is 10.1. The van der Waals surface area contributed by atoms with Crippen molar-refractivity contribution in [3.8, 4) is 5.75 Å². The third-order valence-corrected chi connectivity index (χ3v) is 2.01. The van der Waals surface area contributed by atoms with Crippen molar-refractivity contribution in [3.63, 3.8) is 0 Å². The molecule has 0 spiro atoms. The van der Waals surface area contributed by atoms with Crippen molar-refractivity contribution in [2.24, 2.45) is 0 Å². The minimum Gasteiger partial charge on any atom is -0.508 e. The van der Waals surface area contributed by atoms with E-state index in [-0.39, 0.29) is 18.9 Å². The number of rotatable bonds is 5. The van der Waals surface area contributed by atoms with Crippen LogP contribution in [-0.2, 0) is 11.2 Å². The van der Waals surface area contributed by atoms with Gasteiger partial charge in [-0.25, -0.2) is 0 Å². The second kappa shape index (κ2) is 5.33. The maximum absolute atomic E-state index is 10.7. The number of aliphatic hydroxyl groups is 1. The normalized spacial score (nSPS) is 12.3. The van der Waals surface area contributed by atoms with Crippen LogP contribution in [0.4, 0.5) is 0 Å². The lowest BCUT2D eigenvalue weighted by Gasteiger charge is -2.12. The van der Waals surface area contributed by atoms with Gasteiger partial charge < -0.3 is 15.3 Å². The number of nitrogens with one attached hydrogen (secondary N) is 1. The minimum absolute atomic E-state index is 0.140. The summed E-state index contributed by atoms with van der Waals surface area (Å²) >= 11 is 0. The zero-order valence-corrected chi connectivity index (χ0v) is 8.05. The smallest absolute Gasteiger partial charge is 0.321 e. The van der Waals surface area contributed by atoms with Gasteiger partial charge in [-0.05, 0) is 24.1 Å². The quantitative estimate of drug-likeness (QED) is 0.512. The molecular weight excluding hydrogens is 198 g/mol. The Labute approximate surface area is 87.0 Å². The van der Waals surface area contributed by atoms with E-state index in [0.717, 1.165) is 5.56 Å². The predicted molar refractivity (Wildman–Crippen MR) is 53.5 cm³/mol. The van der Waals surface area contributed by atoms with E-state index in [4.69, 9.17) is 15.3 Å². The van der Waals surface area contributed by atoms with Crippen molar-refractivity contribution in [1.29, 1.82) is 0 Å². The van der Waals surface area contributed by atoms with Crippen LogP contribution in [0.15, 0.2) is 24.3 Å². The van der Waals surface area contributed by atoms with Crippen molar-refractivity contribution < 1.29 is 20.1 Å². The summed E-state index contributed by atoms with van der Waals surface area (Å²) in [5.74, 6) is -0.877. The third-order valence-electron chi connectivity index (χ3n) is 2.01. The molecular formula is C10H13NO4. The molecule has 0 radical (unpaired) electrons. The molecule has 0 unspecified atom stereocenters. The highest BCUT2D eigenvalue weighted by Gasteiger charge is 2.16. The molecule has 0 aliphatic heterocycles. The fourth-order valence-electron chi connectivity index (χ4n) is 1.22. The molecule has 0 bridgehead atoms. The van der Waals surface area contributed by atoms with Crippen LogP contribution in [0, 0.1) is 0 Å². The fourth-order valence-corrected chi connectivity index (χ4v) is 1.22. The van der Waals surface area contributed by atoms with Gasteiger partial charge in [0.05, 0.1) is 6.73 Å². The van der Waals surface area contributed by atoms with Crippen LogP contribution in [0.2, 0.25) is 0 Å². The van der Waals surface area contributed by atoms with Gasteiger partial charge in [-0.2, -0.15) is 0 Å². The first-order valence-electron chi connectivity index (χ1n) is 4.48. The molecule has 0 amide bonds. The van der Waals surface area contributed by atoms with Crippen LogP contribution in [0.25, 0.3) is 0 Å². The van der Waals surface area contributed by atoms with E-state index in [2.05, 4.69) is 5.32 Å². The van der Waals surface area contributed by atoms with Gasteiger partial charge in [0.25, 0.3) is 0 Å². The number of hydrogen-bond acceptors (Lipinski definition) is 4. The molecule has 82 valence electrons. The number of aliphatic hydroxyl groups excluding tert-OH is 1. The van der Waals surface area contributed by atoms with Crippen LogP contribution < -0.4 is 5.32 Å². The highest BCUT2D eigenvalue weighted by molar-refractivity contribution is 5.73. The monoisotopic (exact) mass is 211 g/mol. The summed E-state index contributed by atoms with van der Waals surface area (Å²) in [6, 6.07) is 5.45. The molecule has 15 heavy (non-hydrogen) atoms. The van der Waals surface area contributed by atoms with Gasteiger partial charge in [0.2, 0.25) is 0 Å². The van der Waals surface area contributed by atoms with Gasteiger partial charge >= 0.3 is 5.97 Å². The number of aliphatic carboxylic acids is 1. The lowest BCUT2D eigenvalue weighted by molar-refractivity contribution is -0.139. The first kappa shape index (κ1) is 11.5. The SMILES string of the molecule is O=C(O)[C@H](Cc1ccc(O)cc1)NCO. The maximum Gasteiger partial charge on any atom is 0.321 e. The largest absolute Gasteiger partial charge is 0.508 e. The molecule has 0 saturated carbocycles. The van der Waals surface area contributed by atoms with Crippen molar-refractivity contribution in [2.75, 3.05) is 6.73 Å². The molecule has 0 aromatic heterocycles. The average Bonchev–Trinajstić information content (AvgIpc) is 2.20. The molecule has 1 aromatic rings. The summed E-state index contributed by atoms with van der Waals surface area (Å²) in [4.78, 5) is 10.7. The average molecular weight is 211 g/mol. The number of phenols is 1. The van der Waals surface area contributed by atoms with Crippen LogP contribution in [0.5, 0.6) is 5.75 Å². The summed E-state index contributed by atoms with van der Waals surface area (Å²) < 4.78 is 0. The van der Waals surface area contributed by atoms with E-state index < -0.39 is 12.0 Å². The van der Waals surface area contributed by atoms with Crippen molar-refractivity contribution in [2.45, 2.75) is 12.5 Å². The second-order valence-corrected chi connectivity index (χ2v) is 3.12. The van der Waals surface area contributed by atoms with Gasteiger partial charge in [-0.15, -0.1) is 0 Å². The maximum atomic E-state index is 10.7. The summed E-state index contributed by atoms with van der Waals surface area (Å²) in [7, 11) is 0. The molecule has 0 fully saturated rings. The van der Waals surface area contributed by atoms with E-state index in [1.807, 2.05) is 0 Å². The number of carboxylic acids is 1. The summed E-state index contributed by atoms with van der Waals surface area (Å²) in [5.41, 5.74) is 0.779. The van der Waals surface area contributed by atoms with Crippen LogP contribution >= 0.6 is 0 Å². The highest BCUT2D eigenvalue weighted by Crippen LogP contribution is 2.11. The topological polar surface area (TPSA) is 89.8 Å². The van der Waals surface area contributed by atoms with Crippen molar-refractivity contribution in [1.82, 2.24) is 5.32 Å². The first-order valence-corrected chi connectivity index (χ1v) is 4.48. The zero-order valence-electron chi connectivity index (χ0n) is 8.05. The predicted octanol–water partition coefficient (Wildman–Crippen LogP) is -0.0727. The van der Waals surface area contributed by atoms with Gasteiger partial charge in [-0.3, -0.25) is 10.1 Å². The number of aromatic hydroxyl groups is 1. The van der Waals surface area contributed by atoms with E-state index in [9.17, 15) is 4.79 Å². The van der Waals surface area contributed by atoms with Crippen LogP contribution in [0.3, 0.4) is 0 Å². The Morgan fingerprint density at radius 2 is 1.93 bits per heavy atom. The molecule has 1 atom stereocenters. The Morgan fingerprint density at radius 3 is 2.40 bits per heavy atom. The number of carboxylic acid groups (broad SMARTS) is 1. The summed E-state index contributed by atoms with van der Waals surface area (Å²) in [6.45, 7) is -0.380. The molecule has 0 heterocycles. The molecule has 1 aromatic carbocycles. The minimum atomic E-state index is -1.02. The Hall–Kier alpha value is -1.59. The Kier molecular flexibility index (Phi) is 4.08. The van der Waals surface area contributed by atoms with E-state index in [1.54, 1.807) is 12.1 Å². The van der Waals surface area contributed by atoms with Crippen LogP contribution in [0.1, 0.15) is 5.56 Å². The van der Waals surface area contributed by atoms with Crippen LogP contribution in [-0.4, -0.2) is 34.1 Å².